The van der Waals surface area contributed by atoms with Gasteiger partial charge >= 0.3 is 0 Å². The summed E-state index contributed by atoms with van der Waals surface area (Å²) < 4.78 is 0. The van der Waals surface area contributed by atoms with Crippen LogP contribution in [0.5, 0.6) is 0 Å². The third-order valence-corrected chi connectivity index (χ3v) is 3.55. The summed E-state index contributed by atoms with van der Waals surface area (Å²) in [5.41, 5.74) is -0.308. The van der Waals surface area contributed by atoms with E-state index >= 15 is 0 Å². The van der Waals surface area contributed by atoms with Gasteiger partial charge in [0.15, 0.2) is 5.78 Å². The Morgan fingerprint density at radius 2 is 2.06 bits per heavy atom. The van der Waals surface area contributed by atoms with E-state index in [4.69, 9.17) is 0 Å². The van der Waals surface area contributed by atoms with E-state index in [1.807, 2.05) is 13.8 Å². The molecule has 1 atom stereocenters. The van der Waals surface area contributed by atoms with E-state index in [1.165, 1.54) is 12.2 Å². The fourth-order valence-electron chi connectivity index (χ4n) is 2.28. The molecular formula is C15H20O3. The van der Waals surface area contributed by atoms with Crippen molar-refractivity contribution >= 4 is 12.1 Å². The van der Waals surface area contributed by atoms with Gasteiger partial charge in [-0.2, -0.15) is 0 Å². The van der Waals surface area contributed by atoms with Gasteiger partial charge in [-0.1, -0.05) is 19.9 Å². The summed E-state index contributed by atoms with van der Waals surface area (Å²) in [7, 11) is 0. The number of carbonyl (C=O) groups excluding carboxylic acids is 2. The molecule has 0 radical (unpaired) electrons. The van der Waals surface area contributed by atoms with Crippen LogP contribution in [0.15, 0.2) is 35.5 Å². The first-order valence-electron chi connectivity index (χ1n) is 5.98. The van der Waals surface area contributed by atoms with E-state index < -0.39 is 11.0 Å². The Balaban J connectivity index is 3.17. The van der Waals surface area contributed by atoms with Gasteiger partial charge in [-0.05, 0) is 43.2 Å². The highest BCUT2D eigenvalue weighted by atomic mass is 16.3. The van der Waals surface area contributed by atoms with Crippen molar-refractivity contribution in [3.63, 3.8) is 0 Å². The number of hydrogen-bond donors (Lipinski definition) is 1. The van der Waals surface area contributed by atoms with Crippen molar-refractivity contribution in [1.29, 1.82) is 0 Å². The molecule has 0 spiro atoms. The molecule has 1 aliphatic carbocycles. The summed E-state index contributed by atoms with van der Waals surface area (Å²) in [6.45, 7) is 7.27. The quantitative estimate of drug-likeness (QED) is 0.474. The first kappa shape index (κ1) is 14.6. The standard InChI is InChI=1S/C15H20O3/c1-11(6-8-16)5-7-15(18)12(2)9-13(17)10-14(15,3)4/h5-9,18H,10H2,1-4H3/b7-5+,11-6+/t15-/m1/s1. The average Bonchev–Trinajstić information content (AvgIpc) is 2.23. The minimum Gasteiger partial charge on any atom is -0.381 e. The summed E-state index contributed by atoms with van der Waals surface area (Å²) in [6.07, 6.45) is 7.32. The van der Waals surface area contributed by atoms with Gasteiger partial charge in [0.1, 0.15) is 11.9 Å². The van der Waals surface area contributed by atoms with E-state index in [9.17, 15) is 14.7 Å². The van der Waals surface area contributed by atoms with Crippen molar-refractivity contribution < 1.29 is 14.7 Å². The first-order valence-corrected chi connectivity index (χ1v) is 5.98. The van der Waals surface area contributed by atoms with E-state index in [0.29, 0.717) is 18.3 Å². The van der Waals surface area contributed by atoms with Gasteiger partial charge in [-0.25, -0.2) is 0 Å². The third-order valence-electron chi connectivity index (χ3n) is 3.55. The molecule has 0 aromatic heterocycles. The van der Waals surface area contributed by atoms with Crippen molar-refractivity contribution in [2.24, 2.45) is 5.41 Å². The molecule has 0 bridgehead atoms. The molecule has 0 saturated heterocycles. The van der Waals surface area contributed by atoms with Crippen LogP contribution in [0.4, 0.5) is 0 Å². The van der Waals surface area contributed by atoms with Crippen LogP contribution in [0.2, 0.25) is 0 Å². The highest BCUT2D eigenvalue weighted by Crippen LogP contribution is 2.44. The second-order valence-corrected chi connectivity index (χ2v) is 5.50. The highest BCUT2D eigenvalue weighted by molar-refractivity contribution is 5.92. The van der Waals surface area contributed by atoms with E-state index in [-0.39, 0.29) is 5.78 Å². The summed E-state index contributed by atoms with van der Waals surface area (Å²) in [6, 6.07) is 0. The second-order valence-electron chi connectivity index (χ2n) is 5.50. The van der Waals surface area contributed by atoms with E-state index in [0.717, 1.165) is 5.57 Å². The van der Waals surface area contributed by atoms with E-state index in [1.54, 1.807) is 26.0 Å². The molecule has 3 nitrogen and oxygen atoms in total. The lowest BCUT2D eigenvalue weighted by atomic mass is 9.64. The lowest BCUT2D eigenvalue weighted by Gasteiger charge is -2.43. The van der Waals surface area contributed by atoms with Crippen molar-refractivity contribution in [2.75, 3.05) is 0 Å². The Labute approximate surface area is 108 Å². The molecule has 1 rings (SSSR count). The van der Waals surface area contributed by atoms with Crippen LogP contribution >= 0.6 is 0 Å². The Kier molecular flexibility index (Phi) is 4.07. The number of ketones is 1. The number of rotatable bonds is 3. The van der Waals surface area contributed by atoms with Crippen LogP contribution in [0.1, 0.15) is 34.1 Å². The van der Waals surface area contributed by atoms with Gasteiger partial charge in [0.05, 0.1) is 0 Å². The Bertz CT molecular complexity index is 452. The smallest absolute Gasteiger partial charge is 0.156 e. The van der Waals surface area contributed by atoms with Crippen molar-refractivity contribution in [1.82, 2.24) is 0 Å². The van der Waals surface area contributed by atoms with Crippen LogP contribution in [0, 0.1) is 5.41 Å². The number of carbonyl (C=O) groups is 2. The molecule has 0 aromatic carbocycles. The number of aliphatic hydroxyl groups is 1. The molecule has 0 amide bonds. The van der Waals surface area contributed by atoms with Gasteiger partial charge in [0.2, 0.25) is 0 Å². The van der Waals surface area contributed by atoms with Gasteiger partial charge in [-0.3, -0.25) is 9.59 Å². The first-order chi connectivity index (χ1) is 8.23. The maximum absolute atomic E-state index is 11.5. The Morgan fingerprint density at radius 1 is 1.44 bits per heavy atom. The Morgan fingerprint density at radius 3 is 2.56 bits per heavy atom. The van der Waals surface area contributed by atoms with Gasteiger partial charge in [0, 0.05) is 11.8 Å². The molecule has 0 aliphatic heterocycles. The normalized spacial score (nSPS) is 28.4. The van der Waals surface area contributed by atoms with E-state index in [2.05, 4.69) is 0 Å². The number of aldehydes is 1. The second kappa shape index (κ2) is 5.02. The molecule has 98 valence electrons. The summed E-state index contributed by atoms with van der Waals surface area (Å²) in [5, 5.41) is 10.8. The molecule has 0 unspecified atom stereocenters. The number of allylic oxidation sites excluding steroid dienone is 4. The lowest BCUT2D eigenvalue weighted by Crippen LogP contribution is -2.48. The van der Waals surface area contributed by atoms with Crippen molar-refractivity contribution in [2.45, 2.75) is 39.7 Å². The van der Waals surface area contributed by atoms with Crippen LogP contribution < -0.4 is 0 Å². The predicted molar refractivity (Wildman–Crippen MR) is 71.1 cm³/mol. The summed E-state index contributed by atoms with van der Waals surface area (Å²) in [5.74, 6) is 0.0377. The van der Waals surface area contributed by atoms with Crippen molar-refractivity contribution in [3.8, 4) is 0 Å². The molecule has 0 saturated carbocycles. The molecular weight excluding hydrogens is 228 g/mol. The highest BCUT2D eigenvalue weighted by Gasteiger charge is 2.46. The van der Waals surface area contributed by atoms with Gasteiger partial charge in [0.25, 0.3) is 0 Å². The zero-order chi connectivity index (χ0) is 14.0. The minimum atomic E-state index is -1.15. The molecule has 0 fully saturated rings. The topological polar surface area (TPSA) is 54.4 Å². The summed E-state index contributed by atoms with van der Waals surface area (Å²) in [4.78, 5) is 21.9. The molecule has 3 heteroatoms. The fourth-order valence-corrected chi connectivity index (χ4v) is 2.28. The molecule has 1 N–H and O–H groups in total. The molecule has 0 aromatic rings. The van der Waals surface area contributed by atoms with Crippen LogP contribution in [0.25, 0.3) is 0 Å². The van der Waals surface area contributed by atoms with Crippen LogP contribution in [0.3, 0.4) is 0 Å². The maximum atomic E-state index is 11.5. The molecule has 18 heavy (non-hydrogen) atoms. The molecule has 1 aliphatic rings. The monoisotopic (exact) mass is 248 g/mol. The minimum absolute atomic E-state index is 0.0377. The van der Waals surface area contributed by atoms with Crippen LogP contribution in [-0.4, -0.2) is 22.8 Å². The SMILES string of the molecule is CC1=CC(=O)CC(C)(C)[C@@]1(O)/C=C/C(C)=C/C=O. The van der Waals surface area contributed by atoms with Gasteiger partial charge in [-0.15, -0.1) is 0 Å². The average molecular weight is 248 g/mol. The zero-order valence-corrected chi connectivity index (χ0v) is 11.4. The lowest BCUT2D eigenvalue weighted by molar-refractivity contribution is -0.121. The maximum Gasteiger partial charge on any atom is 0.156 e. The zero-order valence-electron chi connectivity index (χ0n) is 11.4. The van der Waals surface area contributed by atoms with Crippen molar-refractivity contribution in [3.05, 3.63) is 35.5 Å². The molecule has 0 heterocycles. The fraction of sp³-hybridized carbons (Fsp3) is 0.467. The third kappa shape index (κ3) is 2.67. The predicted octanol–water partition coefficient (Wildman–Crippen LogP) is 2.36. The summed E-state index contributed by atoms with van der Waals surface area (Å²) >= 11 is 0. The van der Waals surface area contributed by atoms with Crippen LogP contribution in [-0.2, 0) is 9.59 Å². The largest absolute Gasteiger partial charge is 0.381 e. The van der Waals surface area contributed by atoms with Gasteiger partial charge < -0.3 is 5.11 Å². The number of hydrogen-bond acceptors (Lipinski definition) is 3. The Hall–Kier alpha value is -1.48.